The minimum atomic E-state index is -0.774. The minimum Gasteiger partial charge on any atom is -0.481 e. The van der Waals surface area contributed by atoms with Gasteiger partial charge in [-0.25, -0.2) is 0 Å². The average Bonchev–Trinajstić information content (AvgIpc) is 2.46. The Morgan fingerprint density at radius 2 is 1.55 bits per heavy atom. The van der Waals surface area contributed by atoms with Crippen LogP contribution in [0.25, 0.3) is 0 Å². The molecule has 2 nitrogen and oxygen atoms in total. The molecule has 1 N–H and O–H groups in total. The van der Waals surface area contributed by atoms with Crippen LogP contribution in [0, 0.1) is 0 Å². The number of benzene rings is 2. The maximum atomic E-state index is 11.5. The summed E-state index contributed by atoms with van der Waals surface area (Å²) in [4.78, 5) is 11.5. The van der Waals surface area contributed by atoms with Crippen molar-refractivity contribution < 1.29 is 9.90 Å². The third-order valence-electron chi connectivity index (χ3n) is 3.59. The van der Waals surface area contributed by atoms with Crippen LogP contribution in [0.4, 0.5) is 0 Å². The molecule has 0 spiro atoms. The molecule has 0 fully saturated rings. The highest BCUT2D eigenvalue weighted by Crippen LogP contribution is 2.22. The standard InChI is InChI=1S/C18H20O2/c1-13(2)15-10-8-14(9-11-15)12-17(18(19)20)16-6-4-3-5-7-16/h3-11,13,17H,12H2,1-2H3,(H,19,20). The molecule has 1 atom stereocenters. The highest BCUT2D eigenvalue weighted by Gasteiger charge is 2.19. The molecule has 2 aromatic rings. The molecule has 0 amide bonds. The van der Waals surface area contributed by atoms with Crippen molar-refractivity contribution in [2.45, 2.75) is 32.1 Å². The van der Waals surface area contributed by atoms with E-state index in [1.807, 2.05) is 42.5 Å². The molecule has 0 saturated carbocycles. The van der Waals surface area contributed by atoms with Gasteiger partial charge in [0.25, 0.3) is 0 Å². The molecule has 0 aliphatic rings. The second-order valence-electron chi connectivity index (χ2n) is 5.40. The Kier molecular flexibility index (Phi) is 4.57. The highest BCUT2D eigenvalue weighted by atomic mass is 16.4. The normalized spacial score (nSPS) is 12.3. The maximum Gasteiger partial charge on any atom is 0.311 e. The number of rotatable bonds is 5. The molecule has 0 saturated heterocycles. The van der Waals surface area contributed by atoms with Gasteiger partial charge in [-0.1, -0.05) is 68.4 Å². The summed E-state index contributed by atoms with van der Waals surface area (Å²) in [6, 6.07) is 17.7. The Balaban J connectivity index is 2.19. The van der Waals surface area contributed by atoms with Crippen molar-refractivity contribution in [3.05, 3.63) is 71.3 Å². The first-order valence-corrected chi connectivity index (χ1v) is 6.94. The molecule has 20 heavy (non-hydrogen) atoms. The summed E-state index contributed by atoms with van der Waals surface area (Å²) in [5.41, 5.74) is 3.19. The van der Waals surface area contributed by atoms with Gasteiger partial charge in [-0.15, -0.1) is 0 Å². The molecule has 2 heteroatoms. The summed E-state index contributed by atoms with van der Waals surface area (Å²) in [6.45, 7) is 4.30. The van der Waals surface area contributed by atoms with Crippen LogP contribution in [0.3, 0.4) is 0 Å². The van der Waals surface area contributed by atoms with Gasteiger partial charge in [-0.05, 0) is 29.0 Å². The fourth-order valence-electron chi connectivity index (χ4n) is 2.31. The Morgan fingerprint density at radius 3 is 2.05 bits per heavy atom. The van der Waals surface area contributed by atoms with Crippen molar-refractivity contribution >= 4 is 5.97 Å². The van der Waals surface area contributed by atoms with E-state index in [0.717, 1.165) is 11.1 Å². The second-order valence-corrected chi connectivity index (χ2v) is 5.40. The van der Waals surface area contributed by atoms with Crippen molar-refractivity contribution in [1.29, 1.82) is 0 Å². The average molecular weight is 268 g/mol. The van der Waals surface area contributed by atoms with Crippen LogP contribution in [0.15, 0.2) is 54.6 Å². The summed E-state index contributed by atoms with van der Waals surface area (Å²) in [5.74, 6) is -0.765. The van der Waals surface area contributed by atoms with E-state index in [-0.39, 0.29) is 0 Å². The lowest BCUT2D eigenvalue weighted by atomic mass is 9.91. The van der Waals surface area contributed by atoms with E-state index >= 15 is 0 Å². The smallest absolute Gasteiger partial charge is 0.311 e. The molecule has 0 aliphatic carbocycles. The molecular formula is C18H20O2. The molecule has 0 radical (unpaired) electrons. The highest BCUT2D eigenvalue weighted by molar-refractivity contribution is 5.76. The predicted molar refractivity (Wildman–Crippen MR) is 81.1 cm³/mol. The van der Waals surface area contributed by atoms with Gasteiger partial charge in [-0.2, -0.15) is 0 Å². The van der Waals surface area contributed by atoms with Crippen LogP contribution < -0.4 is 0 Å². The van der Waals surface area contributed by atoms with Crippen molar-refractivity contribution in [2.75, 3.05) is 0 Å². The van der Waals surface area contributed by atoms with E-state index in [1.165, 1.54) is 5.56 Å². The van der Waals surface area contributed by atoms with Crippen molar-refractivity contribution in [1.82, 2.24) is 0 Å². The number of carbonyl (C=O) groups is 1. The number of carboxylic acid groups (broad SMARTS) is 1. The SMILES string of the molecule is CC(C)c1ccc(CC(C(=O)O)c2ccccc2)cc1. The number of hydrogen-bond donors (Lipinski definition) is 1. The number of aliphatic carboxylic acids is 1. The summed E-state index contributed by atoms with van der Waals surface area (Å²) >= 11 is 0. The fraction of sp³-hybridized carbons (Fsp3) is 0.278. The van der Waals surface area contributed by atoms with E-state index in [1.54, 1.807) is 0 Å². The molecule has 2 rings (SSSR count). The lowest BCUT2D eigenvalue weighted by Gasteiger charge is -2.13. The van der Waals surface area contributed by atoms with Gasteiger partial charge < -0.3 is 5.11 Å². The number of hydrogen-bond acceptors (Lipinski definition) is 1. The zero-order valence-electron chi connectivity index (χ0n) is 11.9. The van der Waals surface area contributed by atoms with Crippen LogP contribution in [0.5, 0.6) is 0 Å². The van der Waals surface area contributed by atoms with Crippen LogP contribution in [0.1, 0.15) is 42.4 Å². The molecule has 1 unspecified atom stereocenters. The zero-order valence-corrected chi connectivity index (χ0v) is 11.9. The molecule has 0 heterocycles. The first-order chi connectivity index (χ1) is 9.58. The van der Waals surface area contributed by atoms with Gasteiger partial charge in [0.1, 0.15) is 0 Å². The molecule has 2 aromatic carbocycles. The molecule has 0 aromatic heterocycles. The second kappa shape index (κ2) is 6.38. The van der Waals surface area contributed by atoms with Crippen LogP contribution in [0.2, 0.25) is 0 Å². The van der Waals surface area contributed by atoms with Crippen molar-refractivity contribution in [3.63, 3.8) is 0 Å². The third-order valence-corrected chi connectivity index (χ3v) is 3.59. The summed E-state index contributed by atoms with van der Waals surface area (Å²) in [7, 11) is 0. The first-order valence-electron chi connectivity index (χ1n) is 6.94. The van der Waals surface area contributed by atoms with Gasteiger partial charge in [0.05, 0.1) is 5.92 Å². The van der Waals surface area contributed by atoms with Gasteiger partial charge in [-0.3, -0.25) is 4.79 Å². The largest absolute Gasteiger partial charge is 0.481 e. The van der Waals surface area contributed by atoms with Crippen molar-refractivity contribution in [2.24, 2.45) is 0 Å². The van der Waals surface area contributed by atoms with E-state index < -0.39 is 11.9 Å². The van der Waals surface area contributed by atoms with Gasteiger partial charge in [0, 0.05) is 0 Å². The van der Waals surface area contributed by atoms with E-state index in [4.69, 9.17) is 0 Å². The van der Waals surface area contributed by atoms with Crippen LogP contribution in [-0.4, -0.2) is 11.1 Å². The summed E-state index contributed by atoms with van der Waals surface area (Å²) in [6.07, 6.45) is 0.526. The van der Waals surface area contributed by atoms with Gasteiger partial charge in [0.15, 0.2) is 0 Å². The number of carboxylic acids is 1. The van der Waals surface area contributed by atoms with E-state index in [9.17, 15) is 9.90 Å². The Morgan fingerprint density at radius 1 is 0.950 bits per heavy atom. The summed E-state index contributed by atoms with van der Waals surface area (Å²) in [5, 5.41) is 9.43. The van der Waals surface area contributed by atoms with E-state index in [0.29, 0.717) is 12.3 Å². The van der Waals surface area contributed by atoms with Gasteiger partial charge in [0.2, 0.25) is 0 Å². The Hall–Kier alpha value is -2.09. The third kappa shape index (κ3) is 3.47. The van der Waals surface area contributed by atoms with E-state index in [2.05, 4.69) is 26.0 Å². The Labute approximate surface area is 120 Å². The fourth-order valence-corrected chi connectivity index (χ4v) is 2.31. The lowest BCUT2D eigenvalue weighted by molar-refractivity contribution is -0.138. The molecular weight excluding hydrogens is 248 g/mol. The summed E-state index contributed by atoms with van der Waals surface area (Å²) < 4.78 is 0. The topological polar surface area (TPSA) is 37.3 Å². The van der Waals surface area contributed by atoms with Crippen LogP contribution >= 0.6 is 0 Å². The maximum absolute atomic E-state index is 11.5. The Bertz CT molecular complexity index is 556. The predicted octanol–water partition coefficient (Wildman–Crippen LogP) is 4.22. The molecule has 0 aliphatic heterocycles. The lowest BCUT2D eigenvalue weighted by Crippen LogP contribution is -2.14. The monoisotopic (exact) mass is 268 g/mol. The van der Waals surface area contributed by atoms with Crippen molar-refractivity contribution in [3.8, 4) is 0 Å². The quantitative estimate of drug-likeness (QED) is 0.881. The minimum absolute atomic E-state index is 0.485. The first kappa shape index (κ1) is 14.3. The molecule has 104 valence electrons. The molecule has 0 bridgehead atoms. The van der Waals surface area contributed by atoms with Crippen LogP contribution in [-0.2, 0) is 11.2 Å². The zero-order chi connectivity index (χ0) is 14.5. The van der Waals surface area contributed by atoms with Gasteiger partial charge >= 0.3 is 5.97 Å².